The lowest BCUT2D eigenvalue weighted by Crippen LogP contribution is -2.27. The van der Waals surface area contributed by atoms with E-state index in [1.807, 2.05) is 12.1 Å². The maximum Gasteiger partial charge on any atom is 0.135 e. The maximum atomic E-state index is 10.2. The summed E-state index contributed by atoms with van der Waals surface area (Å²) in [5, 5.41) is 10.2. The molecule has 0 radical (unpaired) electrons. The number of hydrogen-bond donors (Lipinski definition) is 1. The summed E-state index contributed by atoms with van der Waals surface area (Å²) in [6.07, 6.45) is 4.65. The van der Waals surface area contributed by atoms with Gasteiger partial charge in [-0.25, -0.2) is 0 Å². The fraction of sp³-hybridized carbons (Fsp3) is 0.600. The Labute approximate surface area is 72.2 Å². The molecule has 1 fully saturated rings. The van der Waals surface area contributed by atoms with Crippen molar-refractivity contribution in [2.24, 2.45) is 5.92 Å². The van der Waals surface area contributed by atoms with E-state index in [9.17, 15) is 5.11 Å². The number of aliphatic hydroxyl groups is 1. The van der Waals surface area contributed by atoms with Crippen LogP contribution < -0.4 is 0 Å². The van der Waals surface area contributed by atoms with Gasteiger partial charge in [-0.1, -0.05) is 6.92 Å². The van der Waals surface area contributed by atoms with Crippen LogP contribution in [-0.4, -0.2) is 5.11 Å². The first-order chi connectivity index (χ1) is 5.73. The molecule has 2 heteroatoms. The maximum absolute atomic E-state index is 10.2. The van der Waals surface area contributed by atoms with Crippen LogP contribution in [0.25, 0.3) is 0 Å². The van der Waals surface area contributed by atoms with Gasteiger partial charge in [0.25, 0.3) is 0 Å². The molecule has 1 N–H and O–H groups in total. The van der Waals surface area contributed by atoms with Crippen LogP contribution in [0.5, 0.6) is 0 Å². The Bertz CT molecular complexity index is 253. The highest BCUT2D eigenvalue weighted by molar-refractivity contribution is 5.12. The van der Waals surface area contributed by atoms with Crippen LogP contribution in [-0.2, 0) is 5.60 Å². The van der Waals surface area contributed by atoms with Crippen LogP contribution in [0.3, 0.4) is 0 Å². The SMILES string of the molecule is CC1CCCC1(O)c1ccco1. The first-order valence-corrected chi connectivity index (χ1v) is 4.50. The van der Waals surface area contributed by atoms with Crippen LogP contribution in [0, 0.1) is 5.92 Å². The van der Waals surface area contributed by atoms with Crippen molar-refractivity contribution < 1.29 is 9.52 Å². The Balaban J connectivity index is 2.32. The molecule has 1 aromatic heterocycles. The summed E-state index contributed by atoms with van der Waals surface area (Å²) in [7, 11) is 0. The molecule has 2 atom stereocenters. The van der Waals surface area contributed by atoms with Crippen molar-refractivity contribution in [3.8, 4) is 0 Å². The van der Waals surface area contributed by atoms with Crippen molar-refractivity contribution in [2.45, 2.75) is 31.8 Å². The molecule has 0 amide bonds. The van der Waals surface area contributed by atoms with Crippen molar-refractivity contribution in [2.75, 3.05) is 0 Å². The van der Waals surface area contributed by atoms with Crippen LogP contribution in [0.15, 0.2) is 22.8 Å². The summed E-state index contributed by atoms with van der Waals surface area (Å²) in [6.45, 7) is 2.08. The minimum Gasteiger partial charge on any atom is -0.466 e. The van der Waals surface area contributed by atoms with E-state index in [1.54, 1.807) is 6.26 Å². The van der Waals surface area contributed by atoms with Crippen molar-refractivity contribution in [3.05, 3.63) is 24.2 Å². The first-order valence-electron chi connectivity index (χ1n) is 4.50. The monoisotopic (exact) mass is 166 g/mol. The van der Waals surface area contributed by atoms with E-state index in [0.717, 1.165) is 25.0 Å². The molecule has 1 heterocycles. The lowest BCUT2D eigenvalue weighted by molar-refractivity contribution is -0.0156. The third-order valence-corrected chi connectivity index (χ3v) is 2.96. The highest BCUT2D eigenvalue weighted by Crippen LogP contribution is 2.43. The Morgan fingerprint density at radius 3 is 3.00 bits per heavy atom. The van der Waals surface area contributed by atoms with Gasteiger partial charge < -0.3 is 9.52 Å². The van der Waals surface area contributed by atoms with E-state index in [-0.39, 0.29) is 0 Å². The Morgan fingerprint density at radius 2 is 2.50 bits per heavy atom. The predicted molar refractivity (Wildman–Crippen MR) is 45.6 cm³/mol. The second kappa shape index (κ2) is 2.63. The van der Waals surface area contributed by atoms with Gasteiger partial charge in [-0.3, -0.25) is 0 Å². The number of furan rings is 1. The molecule has 2 nitrogen and oxygen atoms in total. The van der Waals surface area contributed by atoms with Crippen molar-refractivity contribution in [3.63, 3.8) is 0 Å². The number of hydrogen-bond acceptors (Lipinski definition) is 2. The van der Waals surface area contributed by atoms with Gasteiger partial charge in [-0.05, 0) is 37.3 Å². The van der Waals surface area contributed by atoms with E-state index >= 15 is 0 Å². The van der Waals surface area contributed by atoms with Crippen LogP contribution >= 0.6 is 0 Å². The van der Waals surface area contributed by atoms with Crippen LogP contribution in [0.4, 0.5) is 0 Å². The highest BCUT2D eigenvalue weighted by atomic mass is 16.4. The van der Waals surface area contributed by atoms with Crippen LogP contribution in [0.1, 0.15) is 31.9 Å². The average molecular weight is 166 g/mol. The van der Waals surface area contributed by atoms with E-state index in [0.29, 0.717) is 5.92 Å². The molecule has 1 aliphatic rings. The predicted octanol–water partition coefficient (Wildman–Crippen LogP) is 2.29. The van der Waals surface area contributed by atoms with Gasteiger partial charge in [0.15, 0.2) is 0 Å². The Hall–Kier alpha value is -0.760. The summed E-state index contributed by atoms with van der Waals surface area (Å²) in [5.41, 5.74) is -0.691. The van der Waals surface area contributed by atoms with Crippen molar-refractivity contribution >= 4 is 0 Å². The van der Waals surface area contributed by atoms with Crippen LogP contribution in [0.2, 0.25) is 0 Å². The molecule has 1 aliphatic carbocycles. The van der Waals surface area contributed by atoms with Gasteiger partial charge in [0.2, 0.25) is 0 Å². The summed E-state index contributed by atoms with van der Waals surface area (Å²) >= 11 is 0. The lowest BCUT2D eigenvalue weighted by atomic mass is 9.90. The standard InChI is InChI=1S/C10H14O2/c1-8-4-2-6-10(8,11)9-5-3-7-12-9/h3,5,7-8,11H,2,4,6H2,1H3. The highest BCUT2D eigenvalue weighted by Gasteiger charge is 2.41. The van der Waals surface area contributed by atoms with E-state index < -0.39 is 5.60 Å². The molecular formula is C10H14O2. The zero-order valence-corrected chi connectivity index (χ0v) is 7.29. The van der Waals surface area contributed by atoms with Gasteiger partial charge >= 0.3 is 0 Å². The van der Waals surface area contributed by atoms with Gasteiger partial charge in [0, 0.05) is 0 Å². The third-order valence-electron chi connectivity index (χ3n) is 2.96. The topological polar surface area (TPSA) is 33.4 Å². The zero-order chi connectivity index (χ0) is 8.60. The fourth-order valence-electron chi connectivity index (χ4n) is 2.05. The minimum absolute atomic E-state index is 0.323. The summed E-state index contributed by atoms with van der Waals surface area (Å²) in [6, 6.07) is 3.69. The Kier molecular flexibility index (Phi) is 1.72. The third kappa shape index (κ3) is 0.985. The van der Waals surface area contributed by atoms with Gasteiger partial charge in [-0.15, -0.1) is 0 Å². The van der Waals surface area contributed by atoms with Gasteiger partial charge in [-0.2, -0.15) is 0 Å². The molecule has 1 aromatic rings. The molecule has 12 heavy (non-hydrogen) atoms. The molecule has 1 saturated carbocycles. The molecule has 0 aliphatic heterocycles. The van der Waals surface area contributed by atoms with Crippen molar-refractivity contribution in [1.29, 1.82) is 0 Å². The molecule has 2 unspecified atom stereocenters. The normalized spacial score (nSPS) is 35.7. The Morgan fingerprint density at radius 1 is 1.67 bits per heavy atom. The molecule has 0 aromatic carbocycles. The summed E-state index contributed by atoms with van der Waals surface area (Å²) in [5.74, 6) is 1.05. The summed E-state index contributed by atoms with van der Waals surface area (Å²) < 4.78 is 5.24. The second-order valence-electron chi connectivity index (χ2n) is 3.69. The lowest BCUT2D eigenvalue weighted by Gasteiger charge is -2.24. The minimum atomic E-state index is -0.691. The summed E-state index contributed by atoms with van der Waals surface area (Å²) in [4.78, 5) is 0. The quantitative estimate of drug-likeness (QED) is 0.694. The second-order valence-corrected chi connectivity index (χ2v) is 3.69. The zero-order valence-electron chi connectivity index (χ0n) is 7.29. The fourth-order valence-corrected chi connectivity index (χ4v) is 2.05. The van der Waals surface area contributed by atoms with Gasteiger partial charge in [0.05, 0.1) is 6.26 Å². The molecular weight excluding hydrogens is 152 g/mol. The van der Waals surface area contributed by atoms with Gasteiger partial charge in [0.1, 0.15) is 11.4 Å². The molecule has 66 valence electrons. The van der Waals surface area contributed by atoms with E-state index in [1.165, 1.54) is 0 Å². The van der Waals surface area contributed by atoms with Crippen molar-refractivity contribution in [1.82, 2.24) is 0 Å². The molecule has 0 bridgehead atoms. The smallest absolute Gasteiger partial charge is 0.135 e. The van der Waals surface area contributed by atoms with E-state index in [2.05, 4.69) is 6.92 Å². The molecule has 0 spiro atoms. The first kappa shape index (κ1) is 7.87. The van der Waals surface area contributed by atoms with E-state index in [4.69, 9.17) is 4.42 Å². The largest absolute Gasteiger partial charge is 0.466 e. The molecule has 2 rings (SSSR count). The molecule has 0 saturated heterocycles. The number of rotatable bonds is 1. The average Bonchev–Trinajstić information content (AvgIpc) is 2.62.